The van der Waals surface area contributed by atoms with Crippen LogP contribution in [0, 0.1) is 6.92 Å². The number of carbonyl (C=O) groups is 2. The second kappa shape index (κ2) is 6.63. The van der Waals surface area contributed by atoms with Crippen molar-refractivity contribution < 1.29 is 9.59 Å². The summed E-state index contributed by atoms with van der Waals surface area (Å²) in [6.07, 6.45) is 6.01. The van der Waals surface area contributed by atoms with Gasteiger partial charge in [0.15, 0.2) is 5.54 Å². The summed E-state index contributed by atoms with van der Waals surface area (Å²) in [6.45, 7) is 2.42. The van der Waals surface area contributed by atoms with E-state index in [-0.39, 0.29) is 11.8 Å². The molecular weight excluding hydrogens is 316 g/mol. The van der Waals surface area contributed by atoms with Crippen molar-refractivity contribution in [2.75, 3.05) is 20.6 Å². The summed E-state index contributed by atoms with van der Waals surface area (Å²) in [5.41, 5.74) is 0.930. The highest BCUT2D eigenvalue weighted by Gasteiger charge is 2.53. The molecule has 6 heteroatoms. The van der Waals surface area contributed by atoms with Crippen molar-refractivity contribution in [2.24, 2.45) is 0 Å². The van der Waals surface area contributed by atoms with Gasteiger partial charge in [0, 0.05) is 38.6 Å². The summed E-state index contributed by atoms with van der Waals surface area (Å²) in [4.78, 5) is 38.2. The van der Waals surface area contributed by atoms with Crippen LogP contribution < -0.4 is 0 Å². The highest BCUT2D eigenvalue weighted by atomic mass is 16.2. The molecule has 0 aliphatic carbocycles. The Morgan fingerprint density at radius 2 is 1.96 bits per heavy atom. The minimum atomic E-state index is -1.10. The largest absolute Gasteiger partial charge is 0.346 e. The zero-order valence-electron chi connectivity index (χ0n) is 14.8. The van der Waals surface area contributed by atoms with E-state index in [4.69, 9.17) is 0 Å². The molecule has 0 radical (unpaired) electrons. The van der Waals surface area contributed by atoms with Crippen molar-refractivity contribution in [3.05, 3.63) is 59.7 Å². The lowest BCUT2D eigenvalue weighted by atomic mass is 9.89. The van der Waals surface area contributed by atoms with Crippen molar-refractivity contribution in [1.29, 1.82) is 0 Å². The normalized spacial score (nSPS) is 19.7. The fraction of sp³-hybridized carbons (Fsp3) is 0.368. The number of amides is 2. The molecule has 6 nitrogen and oxygen atoms in total. The molecule has 1 aromatic carbocycles. The molecule has 3 rings (SSSR count). The van der Waals surface area contributed by atoms with Gasteiger partial charge < -0.3 is 9.80 Å². The molecule has 1 atom stereocenters. The summed E-state index contributed by atoms with van der Waals surface area (Å²) in [7, 11) is 3.41. The number of hydrogen-bond donors (Lipinski definition) is 0. The SMILES string of the molecule is Cc1ccccc1C(=O)N1CCCC1(C(=O)N(C)C)c1cnccn1. The van der Waals surface area contributed by atoms with E-state index in [9.17, 15) is 9.59 Å². The van der Waals surface area contributed by atoms with Crippen LogP contribution in [0.15, 0.2) is 42.9 Å². The molecule has 130 valence electrons. The molecule has 2 amide bonds. The molecule has 1 aliphatic heterocycles. The molecule has 0 spiro atoms. The number of rotatable bonds is 3. The van der Waals surface area contributed by atoms with Gasteiger partial charge in [0.1, 0.15) is 0 Å². The van der Waals surface area contributed by atoms with Gasteiger partial charge in [-0.15, -0.1) is 0 Å². The zero-order valence-corrected chi connectivity index (χ0v) is 14.8. The first-order chi connectivity index (χ1) is 12.0. The lowest BCUT2D eigenvalue weighted by molar-refractivity contribution is -0.140. The molecule has 2 aromatic rings. The third-order valence-corrected chi connectivity index (χ3v) is 4.75. The van der Waals surface area contributed by atoms with Gasteiger partial charge in [-0.3, -0.25) is 19.6 Å². The van der Waals surface area contributed by atoms with Gasteiger partial charge in [0.05, 0.1) is 11.9 Å². The third-order valence-electron chi connectivity index (χ3n) is 4.75. The van der Waals surface area contributed by atoms with Crippen LogP contribution in [0.2, 0.25) is 0 Å². The molecule has 1 fully saturated rings. The van der Waals surface area contributed by atoms with Crippen LogP contribution in [0.1, 0.15) is 34.5 Å². The van der Waals surface area contributed by atoms with Crippen molar-refractivity contribution >= 4 is 11.8 Å². The molecule has 1 aromatic heterocycles. The summed E-state index contributed by atoms with van der Waals surface area (Å²) in [6, 6.07) is 7.45. The number of benzene rings is 1. The van der Waals surface area contributed by atoms with Gasteiger partial charge in [-0.25, -0.2) is 0 Å². The predicted octanol–water partition coefficient (Wildman–Crippen LogP) is 2.00. The average Bonchev–Trinajstić information content (AvgIpc) is 3.07. The Labute approximate surface area is 147 Å². The van der Waals surface area contributed by atoms with Gasteiger partial charge >= 0.3 is 0 Å². The fourth-order valence-corrected chi connectivity index (χ4v) is 3.53. The van der Waals surface area contributed by atoms with Crippen LogP contribution in [0.4, 0.5) is 0 Å². The molecule has 2 heterocycles. The smallest absolute Gasteiger partial charge is 0.255 e. The van der Waals surface area contributed by atoms with Crippen LogP contribution in [-0.4, -0.2) is 52.2 Å². The minimum Gasteiger partial charge on any atom is -0.346 e. The van der Waals surface area contributed by atoms with Gasteiger partial charge in [-0.2, -0.15) is 0 Å². The van der Waals surface area contributed by atoms with E-state index < -0.39 is 5.54 Å². The van der Waals surface area contributed by atoms with Gasteiger partial charge in [0.2, 0.25) is 0 Å². The molecule has 1 saturated heterocycles. The summed E-state index contributed by atoms with van der Waals surface area (Å²) < 4.78 is 0. The summed E-state index contributed by atoms with van der Waals surface area (Å²) >= 11 is 0. The van der Waals surface area contributed by atoms with E-state index >= 15 is 0 Å². The molecule has 25 heavy (non-hydrogen) atoms. The highest BCUT2D eigenvalue weighted by Crippen LogP contribution is 2.40. The second-order valence-electron chi connectivity index (χ2n) is 6.53. The molecule has 1 aliphatic rings. The monoisotopic (exact) mass is 338 g/mol. The zero-order chi connectivity index (χ0) is 18.0. The number of likely N-dealkylation sites (tertiary alicyclic amines) is 1. The van der Waals surface area contributed by atoms with Crippen molar-refractivity contribution in [2.45, 2.75) is 25.3 Å². The molecule has 0 saturated carbocycles. The standard InChI is InChI=1S/C19H22N4O2/c1-14-7-4-5-8-15(14)17(24)23-12-6-9-19(23,18(25)22(2)3)16-13-20-10-11-21-16/h4-5,7-8,10-11,13H,6,9,12H2,1-3H3. The van der Waals surface area contributed by atoms with E-state index in [1.54, 1.807) is 43.7 Å². The first kappa shape index (κ1) is 17.1. The third kappa shape index (κ3) is 2.77. The lowest BCUT2D eigenvalue weighted by Crippen LogP contribution is -2.55. The Morgan fingerprint density at radius 3 is 2.60 bits per heavy atom. The van der Waals surface area contributed by atoms with Crippen LogP contribution in [0.25, 0.3) is 0 Å². The van der Waals surface area contributed by atoms with Gasteiger partial charge in [-0.05, 0) is 31.4 Å². The Morgan fingerprint density at radius 1 is 1.20 bits per heavy atom. The van der Waals surface area contributed by atoms with Crippen LogP contribution in [-0.2, 0) is 10.3 Å². The number of aromatic nitrogens is 2. The molecule has 1 unspecified atom stereocenters. The topological polar surface area (TPSA) is 66.4 Å². The summed E-state index contributed by atoms with van der Waals surface area (Å²) in [5.74, 6) is -0.288. The van der Waals surface area contributed by atoms with E-state index in [1.165, 1.54) is 4.90 Å². The molecule has 0 N–H and O–H groups in total. The highest BCUT2D eigenvalue weighted by molar-refractivity contribution is 6.00. The van der Waals surface area contributed by atoms with Gasteiger partial charge in [0.25, 0.3) is 11.8 Å². The van der Waals surface area contributed by atoms with Crippen LogP contribution in [0.5, 0.6) is 0 Å². The number of carbonyl (C=O) groups excluding carboxylic acids is 2. The number of likely N-dealkylation sites (N-methyl/N-ethyl adjacent to an activating group) is 1. The van der Waals surface area contributed by atoms with E-state index in [0.29, 0.717) is 24.2 Å². The first-order valence-corrected chi connectivity index (χ1v) is 8.34. The van der Waals surface area contributed by atoms with Crippen molar-refractivity contribution in [1.82, 2.24) is 19.8 Å². The van der Waals surface area contributed by atoms with E-state index in [2.05, 4.69) is 9.97 Å². The maximum absolute atomic E-state index is 13.3. The minimum absolute atomic E-state index is 0.142. The van der Waals surface area contributed by atoms with Gasteiger partial charge in [-0.1, -0.05) is 18.2 Å². The van der Waals surface area contributed by atoms with Crippen LogP contribution in [0.3, 0.4) is 0 Å². The number of hydrogen-bond acceptors (Lipinski definition) is 4. The molecule has 0 bridgehead atoms. The van der Waals surface area contributed by atoms with Crippen molar-refractivity contribution in [3.8, 4) is 0 Å². The average molecular weight is 338 g/mol. The Bertz CT molecular complexity index is 791. The Balaban J connectivity index is 2.13. The fourth-order valence-electron chi connectivity index (χ4n) is 3.53. The Hall–Kier alpha value is -2.76. The van der Waals surface area contributed by atoms with Crippen LogP contribution >= 0.6 is 0 Å². The van der Waals surface area contributed by atoms with E-state index in [1.807, 2.05) is 25.1 Å². The van der Waals surface area contributed by atoms with E-state index in [0.717, 1.165) is 12.0 Å². The maximum Gasteiger partial charge on any atom is 0.255 e. The Kier molecular flexibility index (Phi) is 4.53. The van der Waals surface area contributed by atoms with Crippen molar-refractivity contribution in [3.63, 3.8) is 0 Å². The number of nitrogens with zero attached hydrogens (tertiary/aromatic N) is 4. The second-order valence-corrected chi connectivity index (χ2v) is 6.53. The first-order valence-electron chi connectivity index (χ1n) is 8.34. The quantitative estimate of drug-likeness (QED) is 0.858. The lowest BCUT2D eigenvalue weighted by Gasteiger charge is -2.38. The number of aryl methyl sites for hydroxylation is 1. The maximum atomic E-state index is 13.3. The predicted molar refractivity (Wildman–Crippen MR) is 93.9 cm³/mol. The molecular formula is C19H22N4O2. The summed E-state index contributed by atoms with van der Waals surface area (Å²) in [5, 5.41) is 0.